The number of rotatable bonds is 0. The first-order valence-electron chi connectivity index (χ1n) is 6.87. The van der Waals surface area contributed by atoms with Crippen LogP contribution in [0, 0.1) is 5.41 Å². The van der Waals surface area contributed by atoms with Crippen molar-refractivity contribution in [1.29, 1.82) is 0 Å². The van der Waals surface area contributed by atoms with Crippen molar-refractivity contribution in [3.8, 4) is 0 Å². The van der Waals surface area contributed by atoms with E-state index < -0.39 is 0 Å². The first-order chi connectivity index (χ1) is 9.07. The molecule has 3 rings (SSSR count). The Hall–Kier alpha value is -1.21. The molecule has 0 amide bonds. The van der Waals surface area contributed by atoms with Crippen molar-refractivity contribution in [2.45, 2.75) is 37.3 Å². The van der Waals surface area contributed by atoms with E-state index in [4.69, 9.17) is 0 Å². The molecule has 0 bridgehead atoms. The third kappa shape index (κ3) is 2.32. The van der Waals surface area contributed by atoms with E-state index in [1.54, 1.807) is 0 Å². The zero-order valence-electron chi connectivity index (χ0n) is 11.8. The molecule has 19 heavy (non-hydrogen) atoms. The summed E-state index contributed by atoms with van der Waals surface area (Å²) in [6.45, 7) is 7.05. The van der Waals surface area contributed by atoms with Crippen molar-refractivity contribution >= 4 is 11.8 Å². The van der Waals surface area contributed by atoms with Crippen molar-refractivity contribution in [3.05, 3.63) is 65.2 Å². The Kier molecular flexibility index (Phi) is 3.18. The van der Waals surface area contributed by atoms with Crippen LogP contribution in [-0.4, -0.2) is 0 Å². The fraction of sp³-hybridized carbons (Fsp3) is 0.333. The Bertz CT molecular complexity index is 545. The van der Waals surface area contributed by atoms with Crippen LogP contribution in [0.2, 0.25) is 0 Å². The van der Waals surface area contributed by atoms with Crippen LogP contribution in [0.25, 0.3) is 0 Å². The highest BCUT2D eigenvalue weighted by Gasteiger charge is 2.32. The fourth-order valence-corrected chi connectivity index (χ4v) is 4.16. The molecule has 0 nitrogen and oxygen atoms in total. The molecule has 0 spiro atoms. The third-order valence-corrected chi connectivity index (χ3v) is 4.98. The van der Waals surface area contributed by atoms with Crippen LogP contribution in [0.1, 0.15) is 43.4 Å². The predicted octanol–water partition coefficient (Wildman–Crippen LogP) is 5.47. The smallest absolute Gasteiger partial charge is 0.0235 e. The standard InChI is InChI=1S/C18H20S/c1-18(2,3)17-14-9-5-4-8-13(14)12-19-16-11-7-6-10-15(16)17/h4-11,17H,12H2,1-3H3. The molecular formula is C18H20S. The normalized spacial score (nSPS) is 18.4. The van der Waals surface area contributed by atoms with Gasteiger partial charge in [0.1, 0.15) is 0 Å². The zero-order chi connectivity index (χ0) is 13.5. The van der Waals surface area contributed by atoms with E-state index in [-0.39, 0.29) is 5.41 Å². The molecule has 1 heterocycles. The highest BCUT2D eigenvalue weighted by molar-refractivity contribution is 7.98. The summed E-state index contributed by atoms with van der Waals surface area (Å²) in [5, 5.41) is 0. The second kappa shape index (κ2) is 4.72. The molecule has 0 aromatic heterocycles. The highest BCUT2D eigenvalue weighted by Crippen LogP contribution is 2.48. The molecule has 0 fully saturated rings. The van der Waals surface area contributed by atoms with Crippen LogP contribution in [-0.2, 0) is 5.75 Å². The molecule has 0 saturated heterocycles. The van der Waals surface area contributed by atoms with Crippen LogP contribution < -0.4 is 0 Å². The van der Waals surface area contributed by atoms with Gasteiger partial charge in [0.2, 0.25) is 0 Å². The minimum absolute atomic E-state index is 0.233. The Balaban J connectivity index is 2.25. The summed E-state index contributed by atoms with van der Waals surface area (Å²) in [5.41, 5.74) is 4.72. The molecular weight excluding hydrogens is 248 g/mol. The Morgan fingerprint density at radius 3 is 2.26 bits per heavy atom. The minimum atomic E-state index is 0.233. The molecule has 1 aliphatic heterocycles. The van der Waals surface area contributed by atoms with E-state index in [2.05, 4.69) is 69.3 Å². The molecule has 2 aromatic carbocycles. The fourth-order valence-electron chi connectivity index (χ4n) is 3.05. The number of hydrogen-bond acceptors (Lipinski definition) is 1. The van der Waals surface area contributed by atoms with Gasteiger partial charge in [0, 0.05) is 16.6 Å². The van der Waals surface area contributed by atoms with Gasteiger partial charge in [-0.25, -0.2) is 0 Å². The van der Waals surface area contributed by atoms with Crippen molar-refractivity contribution in [3.63, 3.8) is 0 Å². The maximum atomic E-state index is 2.35. The van der Waals surface area contributed by atoms with E-state index >= 15 is 0 Å². The second-order valence-corrected chi connectivity index (χ2v) is 7.34. The first kappa shape index (κ1) is 12.8. The van der Waals surface area contributed by atoms with Gasteiger partial charge in [-0.2, -0.15) is 0 Å². The molecule has 1 aliphatic rings. The average Bonchev–Trinajstić information content (AvgIpc) is 2.54. The second-order valence-electron chi connectivity index (χ2n) is 6.32. The van der Waals surface area contributed by atoms with Gasteiger partial charge in [0.25, 0.3) is 0 Å². The maximum absolute atomic E-state index is 2.35. The number of hydrogen-bond donors (Lipinski definition) is 0. The van der Waals surface area contributed by atoms with Crippen molar-refractivity contribution in [1.82, 2.24) is 0 Å². The summed E-state index contributed by atoms with van der Waals surface area (Å²) in [6, 6.07) is 17.8. The third-order valence-electron chi connectivity index (χ3n) is 3.85. The topological polar surface area (TPSA) is 0 Å². The molecule has 0 radical (unpaired) electrons. The molecule has 0 saturated carbocycles. The Labute approximate surface area is 120 Å². The van der Waals surface area contributed by atoms with Crippen LogP contribution in [0.4, 0.5) is 0 Å². The van der Waals surface area contributed by atoms with Gasteiger partial charge < -0.3 is 0 Å². The maximum Gasteiger partial charge on any atom is 0.0235 e. The lowest BCUT2D eigenvalue weighted by Crippen LogP contribution is -2.20. The van der Waals surface area contributed by atoms with E-state index in [1.807, 2.05) is 11.8 Å². The van der Waals surface area contributed by atoms with Crippen LogP contribution >= 0.6 is 11.8 Å². The van der Waals surface area contributed by atoms with Gasteiger partial charge in [0.05, 0.1) is 0 Å². The van der Waals surface area contributed by atoms with Gasteiger partial charge in [-0.05, 0) is 28.2 Å². The summed E-state index contributed by atoms with van der Waals surface area (Å²) >= 11 is 1.97. The Morgan fingerprint density at radius 1 is 0.895 bits per heavy atom. The molecule has 2 aromatic rings. The SMILES string of the molecule is CC(C)(C)C1c2ccccc2CSc2ccccc21. The number of fused-ring (bicyclic) bond motifs is 2. The summed E-state index contributed by atoms with van der Waals surface area (Å²) in [7, 11) is 0. The Morgan fingerprint density at radius 2 is 1.53 bits per heavy atom. The van der Waals surface area contributed by atoms with Gasteiger partial charge in [0.15, 0.2) is 0 Å². The largest absolute Gasteiger partial charge is 0.121 e. The van der Waals surface area contributed by atoms with Crippen LogP contribution in [0.5, 0.6) is 0 Å². The van der Waals surface area contributed by atoms with E-state index in [0.717, 1.165) is 5.75 Å². The minimum Gasteiger partial charge on any atom is -0.121 e. The first-order valence-corrected chi connectivity index (χ1v) is 7.85. The summed E-state index contributed by atoms with van der Waals surface area (Å²) < 4.78 is 0. The average molecular weight is 268 g/mol. The molecule has 1 unspecified atom stereocenters. The summed E-state index contributed by atoms with van der Waals surface area (Å²) in [6.07, 6.45) is 0. The van der Waals surface area contributed by atoms with Gasteiger partial charge in [-0.15, -0.1) is 11.8 Å². The van der Waals surface area contributed by atoms with Crippen molar-refractivity contribution < 1.29 is 0 Å². The van der Waals surface area contributed by atoms with Crippen LogP contribution in [0.15, 0.2) is 53.4 Å². The van der Waals surface area contributed by atoms with E-state index in [9.17, 15) is 0 Å². The van der Waals surface area contributed by atoms with Crippen molar-refractivity contribution in [2.75, 3.05) is 0 Å². The predicted molar refractivity (Wildman–Crippen MR) is 83.7 cm³/mol. The zero-order valence-corrected chi connectivity index (χ0v) is 12.6. The van der Waals surface area contributed by atoms with Crippen molar-refractivity contribution in [2.24, 2.45) is 5.41 Å². The molecule has 0 N–H and O–H groups in total. The lowest BCUT2D eigenvalue weighted by molar-refractivity contribution is 0.355. The van der Waals surface area contributed by atoms with Gasteiger partial charge >= 0.3 is 0 Å². The molecule has 1 atom stereocenters. The lowest BCUT2D eigenvalue weighted by Gasteiger charge is -2.32. The quantitative estimate of drug-likeness (QED) is 0.610. The van der Waals surface area contributed by atoms with Crippen LogP contribution in [0.3, 0.4) is 0 Å². The lowest BCUT2D eigenvalue weighted by atomic mass is 9.71. The summed E-state index contributed by atoms with van der Waals surface area (Å²) in [5.74, 6) is 1.56. The van der Waals surface area contributed by atoms with Gasteiger partial charge in [-0.3, -0.25) is 0 Å². The number of thioether (sulfide) groups is 1. The molecule has 98 valence electrons. The monoisotopic (exact) mass is 268 g/mol. The highest BCUT2D eigenvalue weighted by atomic mass is 32.2. The molecule has 0 aliphatic carbocycles. The summed E-state index contributed by atoms with van der Waals surface area (Å²) in [4.78, 5) is 1.44. The van der Waals surface area contributed by atoms with E-state index in [1.165, 1.54) is 21.6 Å². The molecule has 1 heteroatoms. The van der Waals surface area contributed by atoms with E-state index in [0.29, 0.717) is 5.92 Å². The van der Waals surface area contributed by atoms with Gasteiger partial charge in [-0.1, -0.05) is 63.2 Å². The number of benzene rings is 2.